The Bertz CT molecular complexity index is 730. The lowest BCUT2D eigenvalue weighted by Crippen LogP contribution is -2.60. The minimum absolute atomic E-state index is 0.0717. The van der Waals surface area contributed by atoms with Crippen LogP contribution < -0.4 is 10.4 Å². The van der Waals surface area contributed by atoms with Crippen molar-refractivity contribution in [3.05, 3.63) is 35.9 Å². The van der Waals surface area contributed by atoms with Crippen LogP contribution in [0.4, 0.5) is 5.69 Å². The molecule has 0 saturated carbocycles. The molecule has 1 aromatic rings. The Morgan fingerprint density at radius 2 is 1.79 bits per heavy atom. The molecule has 1 aromatic carbocycles. The largest absolute Gasteiger partial charge is 0.367 e. The second-order valence-electron chi connectivity index (χ2n) is 7.44. The first kappa shape index (κ1) is 20.3. The number of rotatable bonds is 4. The molecule has 152 valence electrons. The minimum Gasteiger partial charge on any atom is -0.367 e. The highest BCUT2D eigenvalue weighted by Crippen LogP contribution is 2.23. The Balaban J connectivity index is 1.63. The van der Waals surface area contributed by atoms with Crippen LogP contribution in [0.1, 0.15) is 5.56 Å². The van der Waals surface area contributed by atoms with Crippen LogP contribution in [0.25, 0.3) is 6.08 Å². The van der Waals surface area contributed by atoms with E-state index in [9.17, 15) is 9.59 Å². The molecule has 8 heteroatoms. The maximum Gasteiger partial charge on any atom is 0.267 e. The van der Waals surface area contributed by atoms with E-state index in [0.29, 0.717) is 13.1 Å². The van der Waals surface area contributed by atoms with Crippen LogP contribution in [0.5, 0.6) is 0 Å². The van der Waals surface area contributed by atoms with Gasteiger partial charge in [-0.1, -0.05) is 18.2 Å². The lowest BCUT2D eigenvalue weighted by atomic mass is 10.1. The normalized spacial score (nSPS) is 21.9. The van der Waals surface area contributed by atoms with Gasteiger partial charge in [0.15, 0.2) is 0 Å². The number of carbonyl (C=O) groups excluding carboxylic acids is 2. The molecule has 8 nitrogen and oxygen atoms in total. The Morgan fingerprint density at radius 3 is 2.50 bits per heavy atom. The molecule has 0 spiro atoms. The van der Waals surface area contributed by atoms with Crippen LogP contribution in [-0.4, -0.2) is 97.7 Å². The summed E-state index contributed by atoms with van der Waals surface area (Å²) in [6.07, 6.45) is 2.99. The van der Waals surface area contributed by atoms with Crippen LogP contribution in [0, 0.1) is 0 Å². The van der Waals surface area contributed by atoms with Gasteiger partial charge in [0.2, 0.25) is 5.91 Å². The quantitative estimate of drug-likeness (QED) is 0.433. The fourth-order valence-corrected chi connectivity index (χ4v) is 3.77. The summed E-state index contributed by atoms with van der Waals surface area (Å²) in [7, 11) is 4.09. The van der Waals surface area contributed by atoms with E-state index >= 15 is 0 Å². The first-order valence-corrected chi connectivity index (χ1v) is 9.63. The third-order valence-electron chi connectivity index (χ3n) is 5.53. The van der Waals surface area contributed by atoms with Crippen LogP contribution in [0.15, 0.2) is 30.3 Å². The van der Waals surface area contributed by atoms with E-state index in [2.05, 4.69) is 21.7 Å². The summed E-state index contributed by atoms with van der Waals surface area (Å²) in [6.45, 7) is 5.53. The number of hydrogen-bond donors (Lipinski definition) is 2. The van der Waals surface area contributed by atoms with Gasteiger partial charge in [0, 0.05) is 57.6 Å². The average molecular weight is 387 g/mol. The number of benzene rings is 1. The van der Waals surface area contributed by atoms with Gasteiger partial charge >= 0.3 is 0 Å². The number of amides is 2. The Kier molecular flexibility index (Phi) is 6.66. The summed E-state index contributed by atoms with van der Waals surface area (Å²) in [5.41, 5.74) is 3.52. The second kappa shape index (κ2) is 9.18. The molecule has 2 saturated heterocycles. The molecule has 2 aliphatic rings. The van der Waals surface area contributed by atoms with E-state index < -0.39 is 5.91 Å². The third kappa shape index (κ3) is 4.70. The van der Waals surface area contributed by atoms with Crippen molar-refractivity contribution in [2.75, 3.05) is 64.8 Å². The number of nitrogens with zero attached hydrogens (tertiary/aromatic N) is 4. The van der Waals surface area contributed by atoms with Crippen molar-refractivity contribution in [3.63, 3.8) is 0 Å². The lowest BCUT2D eigenvalue weighted by Gasteiger charge is -2.42. The van der Waals surface area contributed by atoms with Gasteiger partial charge in [-0.05, 0) is 31.8 Å². The zero-order valence-corrected chi connectivity index (χ0v) is 16.5. The van der Waals surface area contributed by atoms with E-state index in [1.165, 1.54) is 6.08 Å². The predicted octanol–water partition coefficient (Wildman–Crippen LogP) is 0.0996. The highest BCUT2D eigenvalue weighted by Gasteiger charge is 2.33. The fraction of sp³-hybridized carbons (Fsp3) is 0.500. The van der Waals surface area contributed by atoms with E-state index in [0.717, 1.165) is 44.0 Å². The molecule has 2 fully saturated rings. The van der Waals surface area contributed by atoms with Gasteiger partial charge in [-0.2, -0.15) is 0 Å². The number of hydrogen-bond acceptors (Lipinski definition) is 6. The molecule has 0 aliphatic carbocycles. The van der Waals surface area contributed by atoms with Crippen molar-refractivity contribution in [1.29, 1.82) is 0 Å². The van der Waals surface area contributed by atoms with Gasteiger partial charge in [0.25, 0.3) is 5.91 Å². The van der Waals surface area contributed by atoms with Gasteiger partial charge < -0.3 is 14.7 Å². The van der Waals surface area contributed by atoms with Crippen molar-refractivity contribution < 1.29 is 14.8 Å². The smallest absolute Gasteiger partial charge is 0.267 e. The van der Waals surface area contributed by atoms with Crippen LogP contribution in [0.2, 0.25) is 0 Å². The summed E-state index contributed by atoms with van der Waals surface area (Å²) < 4.78 is 0. The van der Waals surface area contributed by atoms with E-state index in [1.807, 2.05) is 36.2 Å². The molecule has 0 radical (unpaired) electrons. The van der Waals surface area contributed by atoms with Crippen molar-refractivity contribution in [1.82, 2.24) is 20.2 Å². The molecule has 2 heterocycles. The predicted molar refractivity (Wildman–Crippen MR) is 108 cm³/mol. The van der Waals surface area contributed by atoms with Crippen LogP contribution in [-0.2, 0) is 9.59 Å². The summed E-state index contributed by atoms with van der Waals surface area (Å²) in [5, 5.41) is 8.65. The number of anilines is 1. The van der Waals surface area contributed by atoms with Gasteiger partial charge in [0.1, 0.15) is 6.04 Å². The van der Waals surface area contributed by atoms with Crippen molar-refractivity contribution >= 4 is 23.6 Å². The fourth-order valence-electron chi connectivity index (χ4n) is 3.77. The minimum atomic E-state index is -0.563. The topological polar surface area (TPSA) is 79.4 Å². The number of nitrogens with one attached hydrogen (secondary N) is 1. The summed E-state index contributed by atoms with van der Waals surface area (Å²) in [5.74, 6) is -0.353. The van der Waals surface area contributed by atoms with Crippen molar-refractivity contribution in [2.24, 2.45) is 0 Å². The third-order valence-corrected chi connectivity index (χ3v) is 5.53. The van der Waals surface area contributed by atoms with E-state index in [1.54, 1.807) is 11.6 Å². The first-order chi connectivity index (χ1) is 13.5. The SMILES string of the molecule is CN1CCN(C)C(C(=O)N2CCN(c3ccccc3/C=C/C(=O)NO)CC2)C1. The molecule has 2 aliphatic heterocycles. The standard InChI is InChI=1S/C20H29N5O3/c1-22-9-10-23(2)18(15-22)20(27)25-13-11-24(12-14-25)17-6-4-3-5-16(17)7-8-19(26)21-28/h3-8,18,28H,9-15H2,1-2H3,(H,21,26)/b8-7+. The summed E-state index contributed by atoms with van der Waals surface area (Å²) >= 11 is 0. The van der Waals surface area contributed by atoms with Gasteiger partial charge in [-0.25, -0.2) is 5.48 Å². The van der Waals surface area contributed by atoms with Crippen molar-refractivity contribution in [2.45, 2.75) is 6.04 Å². The van der Waals surface area contributed by atoms with E-state index in [4.69, 9.17) is 5.21 Å². The van der Waals surface area contributed by atoms with Gasteiger partial charge in [-0.15, -0.1) is 0 Å². The first-order valence-electron chi connectivity index (χ1n) is 9.63. The van der Waals surface area contributed by atoms with E-state index in [-0.39, 0.29) is 11.9 Å². The monoisotopic (exact) mass is 387 g/mol. The lowest BCUT2D eigenvalue weighted by molar-refractivity contribution is -0.138. The van der Waals surface area contributed by atoms with Crippen LogP contribution >= 0.6 is 0 Å². The number of likely N-dealkylation sites (N-methyl/N-ethyl adjacent to an activating group) is 2. The molecule has 0 bridgehead atoms. The molecule has 1 atom stereocenters. The highest BCUT2D eigenvalue weighted by molar-refractivity contribution is 5.92. The summed E-state index contributed by atoms with van der Waals surface area (Å²) in [4.78, 5) is 32.8. The Morgan fingerprint density at radius 1 is 1.07 bits per heavy atom. The maximum absolute atomic E-state index is 13.0. The van der Waals surface area contributed by atoms with Crippen molar-refractivity contribution in [3.8, 4) is 0 Å². The molecule has 2 N–H and O–H groups in total. The zero-order valence-electron chi connectivity index (χ0n) is 16.5. The molecule has 1 unspecified atom stereocenters. The molecule has 3 rings (SSSR count). The van der Waals surface area contributed by atoms with Gasteiger partial charge in [0.05, 0.1) is 0 Å². The maximum atomic E-state index is 13.0. The Hall–Kier alpha value is -2.42. The second-order valence-corrected chi connectivity index (χ2v) is 7.44. The van der Waals surface area contributed by atoms with Crippen LogP contribution in [0.3, 0.4) is 0 Å². The number of para-hydroxylation sites is 1. The zero-order chi connectivity index (χ0) is 20.1. The van der Waals surface area contributed by atoms with Gasteiger partial charge in [-0.3, -0.25) is 19.7 Å². The summed E-state index contributed by atoms with van der Waals surface area (Å²) in [6, 6.07) is 7.74. The molecule has 28 heavy (non-hydrogen) atoms. The average Bonchev–Trinajstić information content (AvgIpc) is 2.73. The Labute approximate surface area is 165 Å². The molecule has 2 amide bonds. The number of piperazine rings is 2. The number of carbonyl (C=O) groups is 2. The highest BCUT2D eigenvalue weighted by atomic mass is 16.5. The number of hydroxylamine groups is 1. The molecule has 0 aromatic heterocycles. The molecular formula is C20H29N5O3. The molecular weight excluding hydrogens is 358 g/mol.